The number of halogens is 10. The highest BCUT2D eigenvalue weighted by atomic mass is 35.5. The van der Waals surface area contributed by atoms with Crippen LogP contribution in [0.2, 0.25) is 15.1 Å². The summed E-state index contributed by atoms with van der Waals surface area (Å²) in [6.07, 6.45) is -10.1. The Labute approximate surface area is 212 Å². The van der Waals surface area contributed by atoms with Crippen molar-refractivity contribution in [3.8, 4) is 0 Å². The Hall–Kier alpha value is -2.90. The third kappa shape index (κ3) is 6.45. The first kappa shape index (κ1) is 27.7. The molecular weight excluding hydrogens is 566 g/mol. The van der Waals surface area contributed by atoms with Crippen LogP contribution in [-0.4, -0.2) is 39.1 Å². The number of ketones is 1. The summed E-state index contributed by atoms with van der Waals surface area (Å²) in [6.45, 7) is -0.672. The van der Waals surface area contributed by atoms with Gasteiger partial charge in [-0.25, -0.2) is 4.39 Å². The number of nitrogens with one attached hydrogen (secondary N) is 2. The van der Waals surface area contributed by atoms with Crippen LogP contribution >= 0.6 is 34.8 Å². The predicted molar refractivity (Wildman–Crippen MR) is 118 cm³/mol. The van der Waals surface area contributed by atoms with Crippen LogP contribution < -0.4 is 5.32 Å². The molecule has 3 aromatic rings. The standard InChI is InChI=1S/C20H11Cl3F7N5O/c21-13-4-9(5-14(22)17(13)23)11(19(25,26)27)6-15(24)8-1-2-10(12(3-8)20(28,29)30)16(36)7-31-18-32-34-35-33-18/h1-6,11H,7H2,(H2,31,32,33,34,35)/b15-6-. The number of carbonyl (C=O) groups excluding carboxylic acids is 1. The third-order valence-corrected chi connectivity index (χ3v) is 5.88. The zero-order chi connectivity index (χ0) is 26.8. The Bertz CT molecular complexity index is 1270. The highest BCUT2D eigenvalue weighted by Crippen LogP contribution is 2.42. The van der Waals surface area contributed by atoms with Crippen LogP contribution in [0.25, 0.3) is 5.83 Å². The Morgan fingerprint density at radius 1 is 1.06 bits per heavy atom. The molecule has 0 aliphatic rings. The van der Waals surface area contributed by atoms with E-state index in [2.05, 4.69) is 25.9 Å². The predicted octanol–water partition coefficient (Wildman–Crippen LogP) is 7.13. The van der Waals surface area contributed by atoms with Crippen LogP contribution in [0, 0.1) is 0 Å². The second-order valence-corrected chi connectivity index (χ2v) is 8.30. The van der Waals surface area contributed by atoms with Gasteiger partial charge in [-0.2, -0.15) is 31.6 Å². The van der Waals surface area contributed by atoms with E-state index < -0.39 is 58.7 Å². The molecule has 1 atom stereocenters. The van der Waals surface area contributed by atoms with Crippen LogP contribution in [0.1, 0.15) is 33.0 Å². The molecule has 192 valence electrons. The minimum atomic E-state index is -5.13. The lowest BCUT2D eigenvalue weighted by Crippen LogP contribution is -2.20. The number of carbonyl (C=O) groups is 1. The van der Waals surface area contributed by atoms with Crippen LogP contribution in [0.15, 0.2) is 36.4 Å². The molecule has 6 nitrogen and oxygen atoms in total. The van der Waals surface area contributed by atoms with Crippen molar-refractivity contribution in [2.75, 3.05) is 11.9 Å². The van der Waals surface area contributed by atoms with Gasteiger partial charge in [0.25, 0.3) is 5.95 Å². The number of nitrogens with zero attached hydrogens (tertiary/aromatic N) is 3. The highest BCUT2D eigenvalue weighted by molar-refractivity contribution is 6.48. The fraction of sp³-hybridized carbons (Fsp3) is 0.200. The summed E-state index contributed by atoms with van der Waals surface area (Å²) in [4.78, 5) is 12.3. The number of aromatic amines is 1. The zero-order valence-corrected chi connectivity index (χ0v) is 19.5. The molecule has 0 radical (unpaired) electrons. The van der Waals surface area contributed by atoms with E-state index in [0.717, 1.165) is 18.2 Å². The number of hydrogen-bond donors (Lipinski definition) is 2. The largest absolute Gasteiger partial charge is 0.417 e. The van der Waals surface area contributed by atoms with Crippen molar-refractivity contribution in [2.24, 2.45) is 0 Å². The smallest absolute Gasteiger partial charge is 0.344 e. The average molecular weight is 577 g/mol. The van der Waals surface area contributed by atoms with Crippen molar-refractivity contribution in [3.05, 3.63) is 73.7 Å². The maximum atomic E-state index is 14.9. The molecule has 16 heteroatoms. The first-order valence-corrected chi connectivity index (χ1v) is 10.6. The van der Waals surface area contributed by atoms with E-state index in [4.69, 9.17) is 34.8 Å². The van der Waals surface area contributed by atoms with Crippen molar-refractivity contribution in [3.63, 3.8) is 0 Å². The number of benzene rings is 2. The van der Waals surface area contributed by atoms with Crippen LogP contribution in [-0.2, 0) is 6.18 Å². The summed E-state index contributed by atoms with van der Waals surface area (Å²) in [5.74, 6) is -5.49. The molecule has 1 heterocycles. The first-order chi connectivity index (χ1) is 16.7. The lowest BCUT2D eigenvalue weighted by Gasteiger charge is -2.19. The minimum Gasteiger partial charge on any atom is -0.344 e. The van der Waals surface area contributed by atoms with Crippen molar-refractivity contribution in [1.29, 1.82) is 0 Å². The topological polar surface area (TPSA) is 83.6 Å². The summed E-state index contributed by atoms with van der Waals surface area (Å²) >= 11 is 17.3. The average Bonchev–Trinajstić information content (AvgIpc) is 3.31. The van der Waals surface area contributed by atoms with Gasteiger partial charge in [0.2, 0.25) is 0 Å². The number of aromatic nitrogens is 4. The number of allylic oxidation sites excluding steroid dienone is 1. The molecule has 0 saturated heterocycles. The van der Waals surface area contributed by atoms with Gasteiger partial charge in [0.1, 0.15) is 11.7 Å². The molecule has 0 fully saturated rings. The van der Waals surface area contributed by atoms with Gasteiger partial charge >= 0.3 is 12.4 Å². The third-order valence-electron chi connectivity index (χ3n) is 4.68. The summed E-state index contributed by atoms with van der Waals surface area (Å²) in [6, 6.07) is 3.28. The van der Waals surface area contributed by atoms with Crippen molar-refractivity contribution in [2.45, 2.75) is 18.3 Å². The van der Waals surface area contributed by atoms with Gasteiger partial charge in [-0.15, -0.1) is 5.10 Å². The lowest BCUT2D eigenvalue weighted by atomic mass is 9.95. The summed E-state index contributed by atoms with van der Waals surface area (Å²) in [5.41, 5.74) is -3.83. The van der Waals surface area contributed by atoms with Gasteiger partial charge in [-0.05, 0) is 35.1 Å². The van der Waals surface area contributed by atoms with Crippen molar-refractivity contribution >= 4 is 52.4 Å². The number of rotatable bonds is 7. The number of H-pyrrole nitrogens is 1. The second-order valence-electron chi connectivity index (χ2n) is 7.10. The fourth-order valence-electron chi connectivity index (χ4n) is 3.04. The zero-order valence-electron chi connectivity index (χ0n) is 17.3. The molecule has 0 aliphatic carbocycles. The van der Waals surface area contributed by atoms with Crippen molar-refractivity contribution < 1.29 is 35.5 Å². The summed E-state index contributed by atoms with van der Waals surface area (Å²) in [7, 11) is 0. The number of tetrazole rings is 1. The van der Waals surface area contributed by atoms with Gasteiger partial charge in [0.15, 0.2) is 5.78 Å². The van der Waals surface area contributed by atoms with Crippen LogP contribution in [0.4, 0.5) is 36.7 Å². The SMILES string of the molecule is O=C(CNc1nn[nH]n1)c1ccc(/C(F)=C/C(c2cc(Cl)c(Cl)c(Cl)c2)C(F)(F)F)cc1C(F)(F)F. The molecular formula is C20H11Cl3F7N5O. The van der Waals surface area contributed by atoms with E-state index in [1.54, 1.807) is 0 Å². The van der Waals surface area contributed by atoms with E-state index >= 15 is 0 Å². The Morgan fingerprint density at radius 2 is 1.69 bits per heavy atom. The molecule has 0 saturated carbocycles. The molecule has 0 spiro atoms. The van der Waals surface area contributed by atoms with E-state index in [1.807, 2.05) is 0 Å². The van der Waals surface area contributed by atoms with E-state index in [0.29, 0.717) is 6.07 Å². The van der Waals surface area contributed by atoms with Gasteiger partial charge in [-0.3, -0.25) is 4.79 Å². The fourth-order valence-corrected chi connectivity index (χ4v) is 3.65. The molecule has 1 unspecified atom stereocenters. The van der Waals surface area contributed by atoms with Gasteiger partial charge in [0.05, 0.1) is 27.2 Å². The first-order valence-electron chi connectivity index (χ1n) is 9.49. The molecule has 36 heavy (non-hydrogen) atoms. The monoisotopic (exact) mass is 575 g/mol. The normalized spacial score (nSPS) is 13.6. The molecule has 2 aromatic carbocycles. The number of anilines is 1. The Balaban J connectivity index is 2.00. The van der Waals surface area contributed by atoms with E-state index in [-0.39, 0.29) is 33.2 Å². The summed E-state index contributed by atoms with van der Waals surface area (Å²) in [5, 5.41) is 13.6. The highest BCUT2D eigenvalue weighted by Gasteiger charge is 2.41. The summed E-state index contributed by atoms with van der Waals surface area (Å²) < 4.78 is 96.9. The van der Waals surface area contributed by atoms with Crippen LogP contribution in [0.5, 0.6) is 0 Å². The number of Topliss-reactive ketones (excluding diaryl/α,β-unsaturated/α-hetero) is 1. The molecule has 1 aromatic heterocycles. The van der Waals surface area contributed by atoms with Crippen LogP contribution in [0.3, 0.4) is 0 Å². The Kier molecular flexibility index (Phi) is 8.16. The second kappa shape index (κ2) is 10.6. The van der Waals surface area contributed by atoms with E-state index in [1.165, 1.54) is 0 Å². The molecule has 0 bridgehead atoms. The van der Waals surface area contributed by atoms with Gasteiger partial charge in [0, 0.05) is 11.1 Å². The van der Waals surface area contributed by atoms with Gasteiger partial charge in [-0.1, -0.05) is 52.0 Å². The van der Waals surface area contributed by atoms with Crippen molar-refractivity contribution in [1.82, 2.24) is 20.6 Å². The Morgan fingerprint density at radius 3 is 2.22 bits per heavy atom. The number of alkyl halides is 6. The number of hydrogen-bond acceptors (Lipinski definition) is 5. The van der Waals surface area contributed by atoms with Gasteiger partial charge < -0.3 is 5.32 Å². The minimum absolute atomic E-state index is 0.0741. The maximum absolute atomic E-state index is 14.9. The maximum Gasteiger partial charge on any atom is 0.417 e. The molecule has 0 aliphatic heterocycles. The quantitative estimate of drug-likeness (QED) is 0.178. The molecule has 2 N–H and O–H groups in total. The molecule has 3 rings (SSSR count). The molecule has 0 amide bonds. The van der Waals surface area contributed by atoms with E-state index in [9.17, 15) is 35.5 Å². The lowest BCUT2D eigenvalue weighted by molar-refractivity contribution is -0.140.